The van der Waals surface area contributed by atoms with Gasteiger partial charge >= 0.3 is 0 Å². The molecule has 0 heterocycles. The molecule has 0 saturated heterocycles. The minimum atomic E-state index is 0.613. The van der Waals surface area contributed by atoms with Gasteiger partial charge in [-0.25, -0.2) is 0 Å². The quantitative estimate of drug-likeness (QED) is 0.669. The summed E-state index contributed by atoms with van der Waals surface area (Å²) >= 11 is 0. The molecule has 0 radical (unpaired) electrons. The Hall–Kier alpha value is -1.11. The fourth-order valence-electron chi connectivity index (χ4n) is 3.77. The van der Waals surface area contributed by atoms with Crippen molar-refractivity contribution in [2.75, 3.05) is 0 Å². The third kappa shape index (κ3) is 3.26. The molecule has 1 aromatic carbocycles. The van der Waals surface area contributed by atoms with Crippen molar-refractivity contribution in [3.63, 3.8) is 0 Å². The van der Waals surface area contributed by atoms with Crippen molar-refractivity contribution in [3.8, 4) is 0 Å². The minimum Gasteiger partial charge on any atom is -0.298 e. The molecule has 1 nitrogen and oxygen atoms in total. The van der Waals surface area contributed by atoms with Crippen molar-refractivity contribution in [2.45, 2.75) is 64.7 Å². The van der Waals surface area contributed by atoms with Crippen LogP contribution in [0.25, 0.3) is 0 Å². The molecule has 1 aliphatic rings. The van der Waals surface area contributed by atoms with E-state index in [1.807, 2.05) is 12.1 Å². The Morgan fingerprint density at radius 3 is 2.79 bits per heavy atom. The first kappa shape index (κ1) is 14.3. The molecule has 0 bridgehead atoms. The second kappa shape index (κ2) is 6.88. The molecule has 19 heavy (non-hydrogen) atoms. The van der Waals surface area contributed by atoms with Crippen LogP contribution in [0.15, 0.2) is 18.2 Å². The van der Waals surface area contributed by atoms with E-state index >= 15 is 0 Å². The predicted octanol–water partition coefficient (Wildman–Crippen LogP) is 5.14. The van der Waals surface area contributed by atoms with E-state index in [0.29, 0.717) is 5.92 Å². The first-order valence-electron chi connectivity index (χ1n) is 7.87. The maximum Gasteiger partial charge on any atom is 0.150 e. The maximum absolute atomic E-state index is 11.3. The first-order valence-corrected chi connectivity index (χ1v) is 7.87. The van der Waals surface area contributed by atoms with Crippen molar-refractivity contribution in [1.29, 1.82) is 0 Å². The highest BCUT2D eigenvalue weighted by molar-refractivity contribution is 5.78. The van der Waals surface area contributed by atoms with Crippen LogP contribution in [0.5, 0.6) is 0 Å². The average molecular weight is 258 g/mol. The Morgan fingerprint density at radius 1 is 1.26 bits per heavy atom. The van der Waals surface area contributed by atoms with Crippen LogP contribution in [0.2, 0.25) is 0 Å². The van der Waals surface area contributed by atoms with E-state index in [1.54, 1.807) is 0 Å². The molecule has 1 saturated carbocycles. The minimum absolute atomic E-state index is 0.613. The lowest BCUT2D eigenvalue weighted by Crippen LogP contribution is -2.17. The molecule has 0 amide bonds. The lowest BCUT2D eigenvalue weighted by atomic mass is 9.74. The van der Waals surface area contributed by atoms with Crippen LogP contribution in [0.3, 0.4) is 0 Å². The van der Waals surface area contributed by atoms with Crippen LogP contribution in [0.1, 0.15) is 79.8 Å². The number of hydrogen-bond acceptors (Lipinski definition) is 1. The van der Waals surface area contributed by atoms with Gasteiger partial charge in [0, 0.05) is 5.56 Å². The van der Waals surface area contributed by atoms with Gasteiger partial charge in [0.2, 0.25) is 0 Å². The van der Waals surface area contributed by atoms with Crippen molar-refractivity contribution in [3.05, 3.63) is 34.9 Å². The van der Waals surface area contributed by atoms with Crippen LogP contribution in [-0.2, 0) is 6.42 Å². The lowest BCUT2D eigenvalue weighted by molar-refractivity contribution is 0.112. The molecular weight excluding hydrogens is 232 g/mol. The van der Waals surface area contributed by atoms with E-state index < -0.39 is 0 Å². The van der Waals surface area contributed by atoms with Crippen LogP contribution >= 0.6 is 0 Å². The molecule has 1 fully saturated rings. The number of hydrogen-bond donors (Lipinski definition) is 0. The summed E-state index contributed by atoms with van der Waals surface area (Å²) in [4.78, 5) is 11.3. The highest BCUT2D eigenvalue weighted by Crippen LogP contribution is 2.40. The van der Waals surface area contributed by atoms with Crippen LogP contribution in [0.4, 0.5) is 0 Å². The number of carbonyl (C=O) groups excluding carboxylic acids is 1. The second-order valence-electron chi connectivity index (χ2n) is 5.91. The molecule has 1 aliphatic carbocycles. The summed E-state index contributed by atoms with van der Waals surface area (Å²) in [7, 11) is 0. The molecule has 0 aromatic heterocycles. The van der Waals surface area contributed by atoms with Gasteiger partial charge in [-0.1, -0.05) is 57.7 Å². The van der Waals surface area contributed by atoms with E-state index in [4.69, 9.17) is 0 Å². The van der Waals surface area contributed by atoms with E-state index in [-0.39, 0.29) is 0 Å². The number of aldehydes is 1. The van der Waals surface area contributed by atoms with Gasteiger partial charge in [-0.05, 0) is 42.2 Å². The third-order valence-corrected chi connectivity index (χ3v) is 4.63. The van der Waals surface area contributed by atoms with Gasteiger partial charge in [-0.2, -0.15) is 0 Å². The Balaban J connectivity index is 2.27. The monoisotopic (exact) mass is 258 g/mol. The van der Waals surface area contributed by atoms with Crippen molar-refractivity contribution in [1.82, 2.24) is 0 Å². The Labute approximate surface area is 117 Å². The summed E-state index contributed by atoms with van der Waals surface area (Å²) in [6.07, 6.45) is 9.98. The van der Waals surface area contributed by atoms with Crippen LogP contribution in [0, 0.1) is 5.92 Å². The van der Waals surface area contributed by atoms with E-state index in [9.17, 15) is 4.79 Å². The molecule has 0 aliphatic heterocycles. The fraction of sp³-hybridized carbons (Fsp3) is 0.611. The Morgan fingerprint density at radius 2 is 2.11 bits per heavy atom. The van der Waals surface area contributed by atoms with Gasteiger partial charge in [0.1, 0.15) is 6.29 Å². The van der Waals surface area contributed by atoms with Crippen molar-refractivity contribution >= 4 is 6.29 Å². The predicted molar refractivity (Wildman–Crippen MR) is 80.8 cm³/mol. The van der Waals surface area contributed by atoms with Crippen molar-refractivity contribution < 1.29 is 4.79 Å². The van der Waals surface area contributed by atoms with Gasteiger partial charge < -0.3 is 0 Å². The van der Waals surface area contributed by atoms with Gasteiger partial charge in [0.05, 0.1) is 0 Å². The smallest absolute Gasteiger partial charge is 0.150 e. The zero-order valence-electron chi connectivity index (χ0n) is 12.3. The average Bonchev–Trinajstić information content (AvgIpc) is 2.47. The number of carbonyl (C=O) groups is 1. The summed E-state index contributed by atoms with van der Waals surface area (Å²) in [5.74, 6) is 1.48. The van der Waals surface area contributed by atoms with E-state index in [2.05, 4.69) is 19.9 Å². The summed E-state index contributed by atoms with van der Waals surface area (Å²) in [5, 5.41) is 0. The van der Waals surface area contributed by atoms with E-state index in [1.165, 1.54) is 49.7 Å². The normalized spacial score (nSPS) is 23.3. The summed E-state index contributed by atoms with van der Waals surface area (Å²) in [6.45, 7) is 4.47. The topological polar surface area (TPSA) is 17.1 Å². The van der Waals surface area contributed by atoms with Crippen molar-refractivity contribution in [2.24, 2.45) is 5.92 Å². The first-order chi connectivity index (χ1) is 9.30. The molecule has 2 atom stereocenters. The molecule has 2 unspecified atom stereocenters. The molecule has 0 spiro atoms. The Bertz CT molecular complexity index is 420. The largest absolute Gasteiger partial charge is 0.298 e. The lowest BCUT2D eigenvalue weighted by Gasteiger charge is -2.31. The van der Waals surface area contributed by atoms with Crippen LogP contribution in [-0.4, -0.2) is 6.29 Å². The standard InChI is InChI=1S/C18H26O/c1-3-7-14-8-5-10-16(12-14)18-15(4-2)9-6-11-17(18)13-19/h6,9,11,13-14,16H,3-5,7-8,10,12H2,1-2H3. The van der Waals surface area contributed by atoms with Gasteiger partial charge in [0.15, 0.2) is 0 Å². The summed E-state index contributed by atoms with van der Waals surface area (Å²) in [5.41, 5.74) is 3.68. The number of aryl methyl sites for hydroxylation is 1. The number of benzene rings is 1. The van der Waals surface area contributed by atoms with Gasteiger partial charge in [-0.3, -0.25) is 4.79 Å². The van der Waals surface area contributed by atoms with E-state index in [0.717, 1.165) is 24.2 Å². The fourth-order valence-corrected chi connectivity index (χ4v) is 3.77. The SMILES string of the molecule is CCCC1CCCC(c2c(C=O)cccc2CC)C1. The third-order valence-electron chi connectivity index (χ3n) is 4.63. The molecule has 1 heteroatoms. The highest BCUT2D eigenvalue weighted by atomic mass is 16.1. The number of rotatable bonds is 5. The molecule has 0 N–H and O–H groups in total. The summed E-state index contributed by atoms with van der Waals surface area (Å²) in [6, 6.07) is 6.22. The Kier molecular flexibility index (Phi) is 5.18. The molecule has 2 rings (SSSR count). The zero-order chi connectivity index (χ0) is 13.7. The van der Waals surface area contributed by atoms with Gasteiger partial charge in [0.25, 0.3) is 0 Å². The molecule has 1 aromatic rings. The zero-order valence-corrected chi connectivity index (χ0v) is 12.3. The maximum atomic E-state index is 11.3. The second-order valence-corrected chi connectivity index (χ2v) is 5.91. The summed E-state index contributed by atoms with van der Waals surface area (Å²) < 4.78 is 0. The van der Waals surface area contributed by atoms with Gasteiger partial charge in [-0.15, -0.1) is 0 Å². The molecular formula is C18H26O. The highest BCUT2D eigenvalue weighted by Gasteiger charge is 2.25. The van der Waals surface area contributed by atoms with Crippen LogP contribution < -0.4 is 0 Å². The molecule has 104 valence electrons.